The maximum Gasteiger partial charge on any atom is 0.405 e. The van der Waals surface area contributed by atoms with Crippen LogP contribution in [0.2, 0.25) is 0 Å². The molecular weight excluding hydrogens is 309 g/mol. The number of piperidine rings is 1. The van der Waals surface area contributed by atoms with E-state index in [1.165, 1.54) is 0 Å². The van der Waals surface area contributed by atoms with Gasteiger partial charge in [0, 0.05) is 0 Å². The number of likely N-dealkylation sites (tertiary alicyclic amines) is 1. The molecule has 0 aromatic heterocycles. The largest absolute Gasteiger partial charge is 0.405 e. The Labute approximate surface area is 133 Å². The molecule has 1 aliphatic rings. The lowest BCUT2D eigenvalue weighted by Crippen LogP contribution is -2.44. The van der Waals surface area contributed by atoms with Crippen molar-refractivity contribution in [2.24, 2.45) is 5.92 Å². The fourth-order valence-electron chi connectivity index (χ4n) is 2.81. The van der Waals surface area contributed by atoms with Gasteiger partial charge in [0.25, 0.3) is 0 Å². The van der Waals surface area contributed by atoms with Crippen molar-refractivity contribution in [3.8, 4) is 0 Å². The molecular formula is C16H21F3N2O2. The molecule has 1 saturated heterocycles. The fourth-order valence-corrected chi connectivity index (χ4v) is 2.81. The Bertz CT molecular complexity index is 500. The Balaban J connectivity index is 1.74. The highest BCUT2D eigenvalue weighted by atomic mass is 19.4. The van der Waals surface area contributed by atoms with Crippen LogP contribution in [0.15, 0.2) is 30.3 Å². The molecule has 2 rings (SSSR count). The van der Waals surface area contributed by atoms with Gasteiger partial charge in [-0.1, -0.05) is 30.3 Å². The molecule has 1 fully saturated rings. The van der Waals surface area contributed by atoms with Crippen LogP contribution in [0.4, 0.5) is 13.2 Å². The summed E-state index contributed by atoms with van der Waals surface area (Å²) in [6.45, 7) is -0.152. The molecule has 0 unspecified atom stereocenters. The molecule has 1 aromatic carbocycles. The van der Waals surface area contributed by atoms with Gasteiger partial charge in [0.1, 0.15) is 6.54 Å². The lowest BCUT2D eigenvalue weighted by Gasteiger charge is -2.34. The van der Waals surface area contributed by atoms with Crippen molar-refractivity contribution in [1.82, 2.24) is 10.2 Å². The number of nitrogens with one attached hydrogen (secondary N) is 1. The molecule has 2 N–H and O–H groups in total. The van der Waals surface area contributed by atoms with Crippen LogP contribution in [0.5, 0.6) is 0 Å². The third kappa shape index (κ3) is 5.84. The number of aliphatic hydroxyl groups excluding tert-OH is 1. The van der Waals surface area contributed by atoms with Crippen LogP contribution < -0.4 is 5.32 Å². The summed E-state index contributed by atoms with van der Waals surface area (Å²) < 4.78 is 36.1. The number of carbonyl (C=O) groups excluding carboxylic acids is 1. The van der Waals surface area contributed by atoms with Crippen molar-refractivity contribution in [3.05, 3.63) is 35.9 Å². The van der Waals surface area contributed by atoms with E-state index < -0.39 is 24.7 Å². The van der Waals surface area contributed by atoms with E-state index in [-0.39, 0.29) is 12.5 Å². The lowest BCUT2D eigenvalue weighted by molar-refractivity contribution is -0.139. The number of nitrogens with zero attached hydrogens (tertiary/aromatic N) is 1. The summed E-state index contributed by atoms with van der Waals surface area (Å²) in [5, 5.41) is 12.2. The molecule has 0 saturated carbocycles. The predicted molar refractivity (Wildman–Crippen MR) is 79.6 cm³/mol. The first kappa shape index (κ1) is 17.7. The number of benzene rings is 1. The smallest absolute Gasteiger partial charge is 0.388 e. The molecule has 128 valence electrons. The van der Waals surface area contributed by atoms with Crippen LogP contribution in [-0.4, -0.2) is 48.3 Å². The van der Waals surface area contributed by atoms with E-state index in [0.29, 0.717) is 25.9 Å². The maximum absolute atomic E-state index is 12.0. The molecule has 4 nitrogen and oxygen atoms in total. The number of halogens is 3. The molecule has 1 amide bonds. The molecule has 0 radical (unpaired) electrons. The van der Waals surface area contributed by atoms with Crippen molar-refractivity contribution >= 4 is 5.91 Å². The Morgan fingerprint density at radius 2 is 1.87 bits per heavy atom. The molecule has 1 aromatic rings. The van der Waals surface area contributed by atoms with Gasteiger partial charge >= 0.3 is 6.18 Å². The normalized spacial score (nSPS) is 18.6. The first-order valence-corrected chi connectivity index (χ1v) is 7.64. The number of alkyl halides is 3. The Morgan fingerprint density at radius 3 is 2.43 bits per heavy atom. The second-order valence-electron chi connectivity index (χ2n) is 5.86. The number of carbonyl (C=O) groups is 1. The standard InChI is InChI=1S/C16H21F3N2O2/c17-16(18,19)11-20-14(22)10-21-8-6-13(7-9-21)15(23)12-4-2-1-3-5-12/h1-5,13,15,23H,6-11H2,(H,20,22)/t15-/m0/s1. The van der Waals surface area contributed by atoms with Gasteiger partial charge in [-0.05, 0) is 37.4 Å². The van der Waals surface area contributed by atoms with Gasteiger partial charge < -0.3 is 10.4 Å². The topological polar surface area (TPSA) is 52.6 Å². The zero-order valence-electron chi connectivity index (χ0n) is 12.7. The van der Waals surface area contributed by atoms with Gasteiger partial charge in [0.2, 0.25) is 5.91 Å². The molecule has 23 heavy (non-hydrogen) atoms. The van der Waals surface area contributed by atoms with E-state index in [4.69, 9.17) is 0 Å². The van der Waals surface area contributed by atoms with E-state index in [1.807, 2.05) is 40.5 Å². The third-order valence-electron chi connectivity index (χ3n) is 4.07. The molecule has 1 atom stereocenters. The predicted octanol–water partition coefficient (Wildman–Crippen LogP) is 2.11. The SMILES string of the molecule is O=C(CN1CCC([C@@H](O)c2ccccc2)CC1)NCC(F)(F)F. The third-order valence-corrected chi connectivity index (χ3v) is 4.07. The average Bonchev–Trinajstić information content (AvgIpc) is 2.53. The van der Waals surface area contributed by atoms with Crippen LogP contribution in [0.25, 0.3) is 0 Å². The molecule has 1 heterocycles. The van der Waals surface area contributed by atoms with Crippen molar-refractivity contribution in [1.29, 1.82) is 0 Å². The molecule has 0 bridgehead atoms. The first-order valence-electron chi connectivity index (χ1n) is 7.64. The molecule has 1 aliphatic heterocycles. The van der Waals surface area contributed by atoms with Crippen molar-refractivity contribution in [3.63, 3.8) is 0 Å². The van der Waals surface area contributed by atoms with E-state index in [1.54, 1.807) is 0 Å². The van der Waals surface area contributed by atoms with Gasteiger partial charge in [-0.25, -0.2) is 0 Å². The molecule has 0 spiro atoms. The summed E-state index contributed by atoms with van der Waals surface area (Å²) >= 11 is 0. The van der Waals surface area contributed by atoms with Gasteiger partial charge in [-0.2, -0.15) is 13.2 Å². The Morgan fingerprint density at radius 1 is 1.26 bits per heavy atom. The zero-order valence-corrected chi connectivity index (χ0v) is 12.7. The monoisotopic (exact) mass is 330 g/mol. The van der Waals surface area contributed by atoms with Crippen LogP contribution in [0.1, 0.15) is 24.5 Å². The second-order valence-corrected chi connectivity index (χ2v) is 5.86. The van der Waals surface area contributed by atoms with Crippen LogP contribution in [0.3, 0.4) is 0 Å². The van der Waals surface area contributed by atoms with Gasteiger partial charge in [0.05, 0.1) is 12.6 Å². The number of aliphatic hydroxyl groups is 1. The second kappa shape index (κ2) is 7.79. The quantitative estimate of drug-likeness (QED) is 0.869. The summed E-state index contributed by atoms with van der Waals surface area (Å²) in [6.07, 6.45) is -3.51. The van der Waals surface area contributed by atoms with Crippen LogP contribution in [-0.2, 0) is 4.79 Å². The van der Waals surface area contributed by atoms with E-state index in [0.717, 1.165) is 5.56 Å². The van der Waals surface area contributed by atoms with Crippen molar-refractivity contribution in [2.45, 2.75) is 25.1 Å². The van der Waals surface area contributed by atoms with E-state index in [9.17, 15) is 23.1 Å². The summed E-state index contributed by atoms with van der Waals surface area (Å²) in [5.74, 6) is -0.517. The highest BCUT2D eigenvalue weighted by molar-refractivity contribution is 5.78. The van der Waals surface area contributed by atoms with Crippen molar-refractivity contribution < 1.29 is 23.1 Å². The average molecular weight is 330 g/mol. The summed E-state index contributed by atoms with van der Waals surface area (Å²) in [5.41, 5.74) is 0.869. The molecule has 0 aliphatic carbocycles. The van der Waals surface area contributed by atoms with Gasteiger partial charge in [-0.3, -0.25) is 9.69 Å². The number of hydrogen-bond acceptors (Lipinski definition) is 3. The first-order chi connectivity index (χ1) is 10.8. The minimum atomic E-state index is -4.39. The van der Waals surface area contributed by atoms with E-state index >= 15 is 0 Å². The van der Waals surface area contributed by atoms with Crippen molar-refractivity contribution in [2.75, 3.05) is 26.2 Å². The fraction of sp³-hybridized carbons (Fsp3) is 0.562. The zero-order chi connectivity index (χ0) is 16.9. The summed E-state index contributed by atoms with van der Waals surface area (Å²) in [6, 6.07) is 9.39. The maximum atomic E-state index is 12.0. The number of amides is 1. The highest BCUT2D eigenvalue weighted by Crippen LogP contribution is 2.30. The number of hydrogen-bond donors (Lipinski definition) is 2. The summed E-state index contributed by atoms with van der Waals surface area (Å²) in [7, 11) is 0. The van der Waals surface area contributed by atoms with E-state index in [2.05, 4.69) is 0 Å². The highest BCUT2D eigenvalue weighted by Gasteiger charge is 2.29. The number of rotatable bonds is 5. The van der Waals surface area contributed by atoms with Gasteiger partial charge in [-0.15, -0.1) is 0 Å². The minimum Gasteiger partial charge on any atom is -0.388 e. The Hall–Kier alpha value is -1.60. The Kier molecular flexibility index (Phi) is 6.01. The summed E-state index contributed by atoms with van der Waals surface area (Å²) in [4.78, 5) is 13.3. The lowest BCUT2D eigenvalue weighted by atomic mass is 9.87. The molecule has 7 heteroatoms. The van der Waals surface area contributed by atoms with Crippen LogP contribution >= 0.6 is 0 Å². The minimum absolute atomic E-state index is 0.0375. The van der Waals surface area contributed by atoms with Crippen LogP contribution in [0, 0.1) is 5.92 Å². The van der Waals surface area contributed by atoms with Gasteiger partial charge in [0.15, 0.2) is 0 Å².